The number of hydrogen-bond acceptors (Lipinski definition) is 5. The van der Waals surface area contributed by atoms with Crippen LogP contribution in [0.1, 0.15) is 18.4 Å². The Labute approximate surface area is 147 Å². The van der Waals surface area contributed by atoms with Gasteiger partial charge >= 0.3 is 0 Å². The van der Waals surface area contributed by atoms with E-state index in [1.165, 1.54) is 0 Å². The maximum Gasteiger partial charge on any atom is 0.250 e. The van der Waals surface area contributed by atoms with E-state index in [4.69, 9.17) is 16.3 Å². The molecule has 2 rings (SSSR count). The van der Waals surface area contributed by atoms with Crippen molar-refractivity contribution >= 4 is 45.4 Å². The molecule has 0 radical (unpaired) electrons. The fourth-order valence-corrected chi connectivity index (χ4v) is 5.43. The van der Waals surface area contributed by atoms with Crippen molar-refractivity contribution in [2.75, 3.05) is 33.4 Å². The Morgan fingerprint density at radius 3 is 2.59 bits per heavy atom. The summed E-state index contributed by atoms with van der Waals surface area (Å²) < 4.78 is 33.6. The van der Waals surface area contributed by atoms with Crippen LogP contribution in [0.4, 0.5) is 0 Å². The number of sulfonamides is 1. The second-order valence-electron chi connectivity index (χ2n) is 5.53. The fourth-order valence-electron chi connectivity index (χ4n) is 2.52. The number of piperidine rings is 1. The van der Waals surface area contributed by atoms with E-state index in [2.05, 4.69) is 10.0 Å². The third-order valence-corrected chi connectivity index (χ3v) is 7.28. The quantitative estimate of drug-likeness (QED) is 0.784. The molecule has 2 N–H and O–H groups in total. The van der Waals surface area contributed by atoms with Gasteiger partial charge in [-0.1, -0.05) is 11.6 Å². The van der Waals surface area contributed by atoms with E-state index < -0.39 is 10.0 Å². The highest BCUT2D eigenvalue weighted by molar-refractivity contribution is 7.91. The van der Waals surface area contributed by atoms with E-state index in [9.17, 15) is 8.42 Å². The molecule has 1 fully saturated rings. The Morgan fingerprint density at radius 1 is 1.45 bits per heavy atom. The van der Waals surface area contributed by atoms with E-state index in [0.29, 0.717) is 17.5 Å². The van der Waals surface area contributed by atoms with E-state index in [-0.39, 0.29) is 22.0 Å². The molecule has 128 valence electrons. The highest BCUT2D eigenvalue weighted by Crippen LogP contribution is 2.32. The molecule has 0 unspecified atom stereocenters. The largest absolute Gasteiger partial charge is 0.384 e. The molecule has 1 aliphatic rings. The highest BCUT2D eigenvalue weighted by atomic mass is 35.5. The third kappa shape index (κ3) is 4.80. The van der Waals surface area contributed by atoms with Gasteiger partial charge in [-0.05, 0) is 44.5 Å². The molecule has 2 heterocycles. The van der Waals surface area contributed by atoms with Crippen molar-refractivity contribution in [1.29, 1.82) is 0 Å². The Balaban J connectivity index is 0.00000242. The summed E-state index contributed by atoms with van der Waals surface area (Å²) in [7, 11) is -1.86. The summed E-state index contributed by atoms with van der Waals surface area (Å²) in [5, 5.41) is 3.29. The summed E-state index contributed by atoms with van der Waals surface area (Å²) in [6.45, 7) is 4.52. The first-order valence-corrected chi connectivity index (χ1v) is 9.52. The molecule has 0 aromatic carbocycles. The zero-order valence-electron chi connectivity index (χ0n) is 12.6. The zero-order chi connectivity index (χ0) is 15.5. The smallest absolute Gasteiger partial charge is 0.250 e. The summed E-state index contributed by atoms with van der Waals surface area (Å²) in [4.78, 5) is 0. The minimum absolute atomic E-state index is 0. The molecule has 1 saturated heterocycles. The van der Waals surface area contributed by atoms with Crippen LogP contribution in [0.15, 0.2) is 10.3 Å². The number of aryl methyl sites for hydroxylation is 1. The predicted octanol–water partition coefficient (Wildman–Crippen LogP) is 2.43. The van der Waals surface area contributed by atoms with Crippen molar-refractivity contribution in [1.82, 2.24) is 10.0 Å². The van der Waals surface area contributed by atoms with Crippen LogP contribution < -0.4 is 10.0 Å². The van der Waals surface area contributed by atoms with E-state index in [1.54, 1.807) is 20.1 Å². The van der Waals surface area contributed by atoms with Crippen LogP contribution in [-0.2, 0) is 14.8 Å². The van der Waals surface area contributed by atoms with Gasteiger partial charge in [0.15, 0.2) is 0 Å². The fraction of sp³-hybridized carbons (Fsp3) is 0.692. The van der Waals surface area contributed by atoms with Gasteiger partial charge in [-0.15, -0.1) is 23.7 Å². The molecule has 0 saturated carbocycles. The van der Waals surface area contributed by atoms with Gasteiger partial charge in [-0.3, -0.25) is 0 Å². The third-order valence-electron chi connectivity index (χ3n) is 3.85. The van der Waals surface area contributed by atoms with Crippen molar-refractivity contribution in [3.63, 3.8) is 0 Å². The molecule has 0 atom stereocenters. The average Bonchev–Trinajstić information content (AvgIpc) is 2.79. The summed E-state index contributed by atoms with van der Waals surface area (Å²) in [6, 6.07) is 1.61. The molecular weight excluding hydrogens is 367 g/mol. The van der Waals surface area contributed by atoms with Crippen molar-refractivity contribution in [2.24, 2.45) is 5.41 Å². The van der Waals surface area contributed by atoms with Crippen LogP contribution in [0, 0.1) is 12.3 Å². The number of thiophene rings is 1. The van der Waals surface area contributed by atoms with Gasteiger partial charge in [-0.2, -0.15) is 0 Å². The summed E-state index contributed by atoms with van der Waals surface area (Å²) in [5.74, 6) is 0. The minimum Gasteiger partial charge on any atom is -0.384 e. The van der Waals surface area contributed by atoms with Gasteiger partial charge in [0.25, 0.3) is 0 Å². The number of ether oxygens (including phenoxy) is 1. The van der Waals surface area contributed by atoms with Gasteiger partial charge < -0.3 is 10.1 Å². The molecule has 22 heavy (non-hydrogen) atoms. The van der Waals surface area contributed by atoms with Crippen molar-refractivity contribution in [3.05, 3.63) is 16.0 Å². The summed E-state index contributed by atoms with van der Waals surface area (Å²) in [6.07, 6.45) is 1.79. The predicted molar refractivity (Wildman–Crippen MR) is 92.9 cm³/mol. The van der Waals surface area contributed by atoms with Crippen LogP contribution >= 0.6 is 35.3 Å². The van der Waals surface area contributed by atoms with Crippen molar-refractivity contribution < 1.29 is 13.2 Å². The highest BCUT2D eigenvalue weighted by Gasteiger charge is 2.34. The maximum atomic E-state index is 12.4. The van der Waals surface area contributed by atoms with E-state index in [0.717, 1.165) is 42.8 Å². The van der Waals surface area contributed by atoms with Gasteiger partial charge in [-0.25, -0.2) is 13.1 Å². The molecule has 0 spiro atoms. The topological polar surface area (TPSA) is 67.4 Å². The number of nitrogens with one attached hydrogen (secondary N) is 2. The Morgan fingerprint density at radius 2 is 2.09 bits per heavy atom. The van der Waals surface area contributed by atoms with E-state index >= 15 is 0 Å². The van der Waals surface area contributed by atoms with Crippen LogP contribution in [-0.4, -0.2) is 41.8 Å². The number of rotatable bonds is 6. The van der Waals surface area contributed by atoms with Gasteiger partial charge in [0.2, 0.25) is 10.0 Å². The van der Waals surface area contributed by atoms with Crippen molar-refractivity contribution in [2.45, 2.75) is 24.0 Å². The zero-order valence-corrected chi connectivity index (χ0v) is 15.9. The molecule has 5 nitrogen and oxygen atoms in total. The van der Waals surface area contributed by atoms with Gasteiger partial charge in [0.1, 0.15) is 4.21 Å². The van der Waals surface area contributed by atoms with Crippen LogP contribution in [0.2, 0.25) is 4.34 Å². The average molecular weight is 389 g/mol. The molecule has 0 aliphatic carbocycles. The Kier molecular flexibility index (Phi) is 7.59. The van der Waals surface area contributed by atoms with Crippen LogP contribution in [0.5, 0.6) is 0 Å². The monoisotopic (exact) mass is 388 g/mol. The summed E-state index contributed by atoms with van der Waals surface area (Å²) in [5.41, 5.74) is 0.652. The van der Waals surface area contributed by atoms with E-state index in [1.807, 2.05) is 0 Å². The lowest BCUT2D eigenvalue weighted by atomic mass is 9.80. The maximum absolute atomic E-state index is 12.4. The second kappa shape index (κ2) is 8.28. The first-order valence-electron chi connectivity index (χ1n) is 6.84. The molecule has 9 heteroatoms. The minimum atomic E-state index is -3.51. The molecule has 0 amide bonds. The molecule has 0 bridgehead atoms. The number of hydrogen-bond donors (Lipinski definition) is 2. The lowest BCUT2D eigenvalue weighted by Gasteiger charge is -2.37. The normalized spacial score (nSPS) is 18.0. The second-order valence-corrected chi connectivity index (χ2v) is 9.18. The van der Waals surface area contributed by atoms with Gasteiger partial charge in [0.05, 0.1) is 10.9 Å². The number of methoxy groups -OCH3 is 1. The van der Waals surface area contributed by atoms with Crippen molar-refractivity contribution in [3.8, 4) is 0 Å². The summed E-state index contributed by atoms with van der Waals surface area (Å²) >= 11 is 7.05. The molecule has 1 aromatic heterocycles. The Bertz CT molecular complexity index is 559. The molecular formula is C13H22Cl2N2O3S2. The van der Waals surface area contributed by atoms with Crippen LogP contribution in [0.3, 0.4) is 0 Å². The van der Waals surface area contributed by atoms with Gasteiger partial charge in [0, 0.05) is 19.1 Å². The SMILES string of the molecule is COCC1(CNS(=O)(=O)c2cc(C)c(Cl)s2)CCNCC1.Cl. The van der Waals surface area contributed by atoms with Crippen LogP contribution in [0.25, 0.3) is 0 Å². The molecule has 1 aliphatic heterocycles. The lowest BCUT2D eigenvalue weighted by Crippen LogP contribution is -2.47. The first-order chi connectivity index (χ1) is 9.88. The standard InChI is InChI=1S/C13H21ClN2O3S2.ClH/c1-10-7-11(20-12(10)14)21(17,18)16-8-13(9-19-2)3-5-15-6-4-13;/h7,15-16H,3-6,8-9H2,1-2H3;1H. The lowest BCUT2D eigenvalue weighted by molar-refractivity contribution is 0.0577. The number of halogens is 2. The molecule has 1 aromatic rings. The Hall–Kier alpha value is 0.110. The first kappa shape index (κ1) is 20.2.